The fraction of sp³-hybridized carbons (Fsp3) is 0.368. The molecule has 0 aliphatic heterocycles. The third kappa shape index (κ3) is 4.43. The Kier molecular flexibility index (Phi) is 5.27. The minimum Gasteiger partial charge on any atom is -0.378 e. The summed E-state index contributed by atoms with van der Waals surface area (Å²) < 4.78 is 6.98. The number of rotatable bonds is 6. The summed E-state index contributed by atoms with van der Waals surface area (Å²) in [4.78, 5) is 9.22. The van der Waals surface area contributed by atoms with Gasteiger partial charge in [-0.2, -0.15) is 0 Å². The second kappa shape index (κ2) is 7.61. The van der Waals surface area contributed by atoms with E-state index in [1.165, 1.54) is 0 Å². The highest BCUT2D eigenvalue weighted by molar-refractivity contribution is 5.37. The van der Waals surface area contributed by atoms with E-state index in [1.807, 2.05) is 42.6 Å². The van der Waals surface area contributed by atoms with Crippen LogP contribution < -0.4 is 5.32 Å². The van der Waals surface area contributed by atoms with Crippen LogP contribution in [0.25, 0.3) is 5.69 Å². The van der Waals surface area contributed by atoms with Crippen molar-refractivity contribution in [2.45, 2.75) is 39.3 Å². The molecule has 0 aliphatic carbocycles. The van der Waals surface area contributed by atoms with Gasteiger partial charge in [0.25, 0.3) is 0 Å². The molecule has 0 bridgehead atoms. The van der Waals surface area contributed by atoms with Crippen molar-refractivity contribution in [1.29, 1.82) is 0 Å². The summed E-state index contributed by atoms with van der Waals surface area (Å²) in [5, 5.41) is 11.7. The Morgan fingerprint density at radius 3 is 2.54 bits per heavy atom. The first-order chi connectivity index (χ1) is 12.5. The first-order valence-corrected chi connectivity index (χ1v) is 8.53. The molecule has 2 heterocycles. The summed E-state index contributed by atoms with van der Waals surface area (Å²) in [6.07, 6.45) is 1.91. The summed E-state index contributed by atoms with van der Waals surface area (Å²) in [5.74, 6) is 1.54. The average molecular weight is 352 g/mol. The van der Waals surface area contributed by atoms with Crippen LogP contribution in [0.4, 0.5) is 5.82 Å². The molecular formula is C19H24N6O. The van der Waals surface area contributed by atoms with E-state index in [-0.39, 0.29) is 5.41 Å². The van der Waals surface area contributed by atoms with Crippen LogP contribution in [0.2, 0.25) is 0 Å². The van der Waals surface area contributed by atoms with Gasteiger partial charge in [0.05, 0.1) is 30.7 Å². The number of hydrogen-bond acceptors (Lipinski definition) is 6. The van der Waals surface area contributed by atoms with Gasteiger partial charge in [-0.05, 0) is 12.1 Å². The smallest absolute Gasteiger partial charge is 0.136 e. The number of para-hydroxylation sites is 1. The highest BCUT2D eigenvalue weighted by Crippen LogP contribution is 2.21. The maximum Gasteiger partial charge on any atom is 0.136 e. The standard InChI is InChI=1S/C19H24N6O/c1-19(2,3)18-21-14(13-26-4)10-17(22-18)20-11-15-12-25(24-23-15)16-8-6-5-7-9-16/h5-10,12H,11,13H2,1-4H3,(H,20,21,22). The molecule has 0 saturated heterocycles. The molecule has 3 rings (SSSR count). The molecule has 0 aliphatic rings. The number of nitrogens with one attached hydrogen (secondary N) is 1. The number of anilines is 1. The summed E-state index contributed by atoms with van der Waals surface area (Å²) in [6.45, 7) is 7.25. The first-order valence-electron chi connectivity index (χ1n) is 8.53. The van der Waals surface area contributed by atoms with Gasteiger partial charge in [-0.1, -0.05) is 44.2 Å². The van der Waals surface area contributed by atoms with E-state index in [4.69, 9.17) is 4.74 Å². The van der Waals surface area contributed by atoms with E-state index in [2.05, 4.69) is 46.4 Å². The van der Waals surface area contributed by atoms with Crippen molar-refractivity contribution < 1.29 is 4.74 Å². The highest BCUT2D eigenvalue weighted by Gasteiger charge is 2.19. The molecule has 7 nitrogen and oxygen atoms in total. The topological polar surface area (TPSA) is 77.8 Å². The zero-order valence-electron chi connectivity index (χ0n) is 15.6. The molecule has 2 aromatic heterocycles. The lowest BCUT2D eigenvalue weighted by molar-refractivity contribution is 0.181. The van der Waals surface area contributed by atoms with E-state index < -0.39 is 0 Å². The third-order valence-corrected chi connectivity index (χ3v) is 3.75. The average Bonchev–Trinajstić information content (AvgIpc) is 3.09. The number of aromatic nitrogens is 5. The summed E-state index contributed by atoms with van der Waals surface area (Å²) in [6, 6.07) is 11.8. The Balaban J connectivity index is 1.75. The molecule has 0 fully saturated rings. The first kappa shape index (κ1) is 18.0. The summed E-state index contributed by atoms with van der Waals surface area (Å²) in [5.41, 5.74) is 2.52. The second-order valence-electron chi connectivity index (χ2n) is 7.09. The molecule has 26 heavy (non-hydrogen) atoms. The molecule has 0 atom stereocenters. The van der Waals surface area contributed by atoms with E-state index in [0.717, 1.165) is 28.7 Å². The minimum absolute atomic E-state index is 0.142. The van der Waals surface area contributed by atoms with Crippen LogP contribution in [0.15, 0.2) is 42.6 Å². The number of hydrogen-bond donors (Lipinski definition) is 1. The molecule has 136 valence electrons. The van der Waals surface area contributed by atoms with Gasteiger partial charge >= 0.3 is 0 Å². The predicted octanol–water partition coefficient (Wildman–Crippen LogP) is 3.11. The molecule has 1 N–H and O–H groups in total. The van der Waals surface area contributed by atoms with Gasteiger partial charge in [-0.15, -0.1) is 5.10 Å². The largest absolute Gasteiger partial charge is 0.378 e. The number of nitrogens with zero attached hydrogens (tertiary/aromatic N) is 5. The molecule has 0 amide bonds. The molecule has 7 heteroatoms. The fourth-order valence-corrected chi connectivity index (χ4v) is 2.41. The van der Waals surface area contributed by atoms with Crippen molar-refractivity contribution in [3.05, 3.63) is 59.8 Å². The minimum atomic E-state index is -0.142. The number of ether oxygens (including phenoxy) is 1. The van der Waals surface area contributed by atoms with Crippen LogP contribution in [0, 0.1) is 0 Å². The molecule has 3 aromatic rings. The Hall–Kier alpha value is -2.80. The van der Waals surface area contributed by atoms with Crippen molar-refractivity contribution in [2.24, 2.45) is 0 Å². The lowest BCUT2D eigenvalue weighted by atomic mass is 9.95. The highest BCUT2D eigenvalue weighted by atomic mass is 16.5. The van der Waals surface area contributed by atoms with Crippen LogP contribution in [-0.4, -0.2) is 32.1 Å². The normalized spacial score (nSPS) is 11.5. The third-order valence-electron chi connectivity index (χ3n) is 3.75. The van der Waals surface area contributed by atoms with Gasteiger partial charge in [0.15, 0.2) is 0 Å². The second-order valence-corrected chi connectivity index (χ2v) is 7.09. The van der Waals surface area contributed by atoms with E-state index in [1.54, 1.807) is 11.8 Å². The van der Waals surface area contributed by atoms with Gasteiger partial charge in [0, 0.05) is 18.6 Å². The molecular weight excluding hydrogens is 328 g/mol. The molecule has 0 spiro atoms. The van der Waals surface area contributed by atoms with Crippen molar-refractivity contribution >= 4 is 5.82 Å². The van der Waals surface area contributed by atoms with Crippen LogP contribution in [0.3, 0.4) is 0 Å². The fourth-order valence-electron chi connectivity index (χ4n) is 2.41. The van der Waals surface area contributed by atoms with Crippen molar-refractivity contribution in [3.8, 4) is 5.69 Å². The Bertz CT molecular complexity index is 854. The van der Waals surface area contributed by atoms with E-state index in [9.17, 15) is 0 Å². The van der Waals surface area contributed by atoms with Gasteiger partial charge < -0.3 is 10.1 Å². The summed E-state index contributed by atoms with van der Waals surface area (Å²) in [7, 11) is 1.66. The van der Waals surface area contributed by atoms with Crippen molar-refractivity contribution in [3.63, 3.8) is 0 Å². The number of benzene rings is 1. The number of methoxy groups -OCH3 is 1. The monoisotopic (exact) mass is 352 g/mol. The molecule has 0 saturated carbocycles. The van der Waals surface area contributed by atoms with Crippen LogP contribution in [0.1, 0.15) is 38.0 Å². The van der Waals surface area contributed by atoms with Crippen molar-refractivity contribution in [1.82, 2.24) is 25.0 Å². The maximum absolute atomic E-state index is 5.22. The van der Waals surface area contributed by atoms with Gasteiger partial charge in [-0.3, -0.25) is 0 Å². The zero-order chi connectivity index (χ0) is 18.6. The van der Waals surface area contributed by atoms with Crippen molar-refractivity contribution in [2.75, 3.05) is 12.4 Å². The molecule has 0 unspecified atom stereocenters. The molecule has 1 aromatic carbocycles. The zero-order valence-corrected chi connectivity index (χ0v) is 15.6. The molecule has 0 radical (unpaired) electrons. The van der Waals surface area contributed by atoms with Gasteiger partial charge in [0.2, 0.25) is 0 Å². The summed E-state index contributed by atoms with van der Waals surface area (Å²) >= 11 is 0. The predicted molar refractivity (Wildman–Crippen MR) is 100 cm³/mol. The lowest BCUT2D eigenvalue weighted by Gasteiger charge is -2.18. The van der Waals surface area contributed by atoms with Gasteiger partial charge in [0.1, 0.15) is 17.3 Å². The Morgan fingerprint density at radius 2 is 1.85 bits per heavy atom. The van der Waals surface area contributed by atoms with E-state index in [0.29, 0.717) is 13.2 Å². The Morgan fingerprint density at radius 1 is 1.08 bits per heavy atom. The van der Waals surface area contributed by atoms with E-state index >= 15 is 0 Å². The van der Waals surface area contributed by atoms with Crippen LogP contribution in [-0.2, 0) is 23.3 Å². The lowest BCUT2D eigenvalue weighted by Crippen LogP contribution is -2.18. The Labute approximate surface area is 153 Å². The maximum atomic E-state index is 5.22. The van der Waals surface area contributed by atoms with Crippen LogP contribution in [0.5, 0.6) is 0 Å². The van der Waals surface area contributed by atoms with Crippen LogP contribution >= 0.6 is 0 Å². The van der Waals surface area contributed by atoms with Gasteiger partial charge in [-0.25, -0.2) is 14.6 Å². The SMILES string of the molecule is COCc1cc(NCc2cn(-c3ccccc3)nn2)nc(C(C)(C)C)n1. The quantitative estimate of drug-likeness (QED) is 0.734.